The van der Waals surface area contributed by atoms with Crippen LogP contribution in [-0.4, -0.2) is 0 Å². The summed E-state index contributed by atoms with van der Waals surface area (Å²) in [6.07, 6.45) is 0. The van der Waals surface area contributed by atoms with Crippen molar-refractivity contribution in [2.24, 2.45) is 0 Å². The van der Waals surface area contributed by atoms with E-state index in [9.17, 15) is 0 Å². The minimum Gasteiger partial charge on any atom is -0.822 e. The van der Waals surface area contributed by atoms with E-state index in [0.29, 0.717) is 0 Å². The number of phosphoric acid groups is 1. The van der Waals surface area contributed by atoms with E-state index in [0.717, 1.165) is 0 Å². The molecule has 0 fully saturated rings. The van der Waals surface area contributed by atoms with Crippen LogP contribution in [0.5, 0.6) is 0 Å². The van der Waals surface area contributed by atoms with E-state index in [4.69, 9.17) is 28.7 Å². The number of hydrogen-bond acceptors (Lipinski definition) is 6. The van der Waals surface area contributed by atoms with Gasteiger partial charge in [0.05, 0.1) is 8.69 Å². The molecule has 0 heterocycles. The van der Waals surface area contributed by atoms with Crippen molar-refractivity contribution in [3.63, 3.8) is 0 Å². The quantitative estimate of drug-likeness (QED) is 0.391. The van der Waals surface area contributed by atoms with E-state index in [-0.39, 0.29) is 16.8 Å². The van der Waals surface area contributed by atoms with Gasteiger partial charge in [0.25, 0.3) is 0 Å². The summed E-state index contributed by atoms with van der Waals surface area (Å²) in [5, 5.41) is 0. The molecule has 0 unspecified atom stereocenters. The third kappa shape index (κ3) is 845. The number of rotatable bonds is 0. The fraction of sp³-hybridized carbons (Fsp3) is 0. The van der Waals surface area contributed by atoms with Gasteiger partial charge in [0, 0.05) is 16.8 Å². The van der Waals surface area contributed by atoms with E-state index in [2.05, 4.69) is 0 Å². The average molecular weight is 217 g/mol. The van der Waals surface area contributed by atoms with Crippen LogP contribution in [-0.2, 0) is 25.9 Å². The zero-order valence-electron chi connectivity index (χ0n) is 3.68. The van der Waals surface area contributed by atoms with Gasteiger partial charge < -0.3 is 24.1 Å². The van der Waals surface area contributed by atoms with Crippen molar-refractivity contribution in [3.05, 3.63) is 0 Å². The van der Waals surface area contributed by atoms with E-state index in [1.165, 1.54) is 0 Å². The Hall–Kier alpha value is 0.676. The second-order valence-corrected chi connectivity index (χ2v) is 1.57. The summed E-state index contributed by atoms with van der Waals surface area (Å²) < 4.78 is 16.9. The van der Waals surface area contributed by atoms with Crippen molar-refractivity contribution in [1.29, 1.82) is 0 Å². The van der Waals surface area contributed by atoms with Crippen molar-refractivity contribution in [1.82, 2.24) is 0 Å². The van der Waals surface area contributed by atoms with Gasteiger partial charge >= 0.3 is 0 Å². The topological polar surface area (TPSA) is 126 Å². The maximum absolute atomic E-state index is 8.55. The van der Waals surface area contributed by atoms with Gasteiger partial charge in [-0.2, -0.15) is 7.82 Å². The van der Waals surface area contributed by atoms with Crippen LogP contribution in [0.3, 0.4) is 0 Å². The second-order valence-electron chi connectivity index (χ2n) is 0.522. The molecule has 0 atom stereocenters. The molecule has 0 aliphatic rings. The van der Waals surface area contributed by atoms with Gasteiger partial charge in [0.2, 0.25) is 0 Å². The molecule has 0 spiro atoms. The van der Waals surface area contributed by atoms with E-state index < -0.39 is 16.5 Å². The SMILES string of the molecule is O=P([O-])([O-])[O-].O=P[O-].[Co]. The summed E-state index contributed by atoms with van der Waals surface area (Å²) in [6, 6.07) is 0. The second kappa shape index (κ2) is 8.68. The van der Waals surface area contributed by atoms with Crippen LogP contribution in [0.4, 0.5) is 0 Å². The monoisotopic (exact) mass is 217 g/mol. The van der Waals surface area contributed by atoms with Gasteiger partial charge in [-0.1, -0.05) is 0 Å². The first-order chi connectivity index (χ1) is 3.41. The Labute approximate surface area is 62.6 Å². The zero-order chi connectivity index (χ0) is 7.21. The predicted molar refractivity (Wildman–Crippen MR) is 15.2 cm³/mol. The zero-order valence-corrected chi connectivity index (χ0v) is 6.51. The molecule has 0 aliphatic carbocycles. The van der Waals surface area contributed by atoms with Crippen LogP contribution in [0.15, 0.2) is 0 Å². The molecule has 0 saturated heterocycles. The molecule has 0 aromatic heterocycles. The fourth-order valence-corrected chi connectivity index (χ4v) is 0. The summed E-state index contributed by atoms with van der Waals surface area (Å²) in [6.45, 7) is 0. The van der Waals surface area contributed by atoms with Crippen molar-refractivity contribution in [3.8, 4) is 0 Å². The minimum absolute atomic E-state index is 0. The van der Waals surface area contributed by atoms with E-state index in [1.54, 1.807) is 0 Å². The van der Waals surface area contributed by atoms with E-state index >= 15 is 0 Å². The first-order valence-electron chi connectivity index (χ1n) is 1.10. The maximum Gasteiger partial charge on any atom is 0.0642 e. The fourth-order valence-electron chi connectivity index (χ4n) is 0. The molecule has 0 bridgehead atoms. The van der Waals surface area contributed by atoms with Gasteiger partial charge in [-0.3, -0.25) is 4.57 Å². The van der Waals surface area contributed by atoms with Crippen LogP contribution < -0.4 is 19.6 Å². The van der Waals surface area contributed by atoms with Gasteiger partial charge in [-0.05, 0) is 0 Å². The first-order valence-corrected chi connectivity index (χ1v) is 3.29. The molecular formula is CoO6P2-4. The van der Waals surface area contributed by atoms with Gasteiger partial charge in [0.1, 0.15) is 0 Å². The summed E-state index contributed by atoms with van der Waals surface area (Å²) >= 11 is 0. The Balaban J connectivity index is -0.0000000800. The Kier molecular flexibility index (Phi) is 15.8. The van der Waals surface area contributed by atoms with Gasteiger partial charge in [-0.25, -0.2) is 0 Å². The van der Waals surface area contributed by atoms with Gasteiger partial charge in [0.15, 0.2) is 0 Å². The molecule has 0 amide bonds. The Morgan fingerprint density at radius 1 is 1.22 bits per heavy atom. The van der Waals surface area contributed by atoms with Crippen LogP contribution in [0.25, 0.3) is 0 Å². The average Bonchev–Trinajstić information content (AvgIpc) is 1.27. The van der Waals surface area contributed by atoms with Crippen LogP contribution in [0.2, 0.25) is 0 Å². The molecule has 9 heavy (non-hydrogen) atoms. The standard InChI is InChI=1S/Co.H3O4P.HO2P/c;1-5(2,3)4;1-3-2/h;(H3,1,2,3,4);(H,1,2)/p-4. The van der Waals surface area contributed by atoms with Gasteiger partial charge in [-0.15, -0.1) is 0 Å². The normalized spacial score (nSPS) is 8.89. The molecule has 0 N–H and O–H groups in total. The van der Waals surface area contributed by atoms with Crippen molar-refractivity contribution in [2.45, 2.75) is 0 Å². The minimum atomic E-state index is -5.39. The molecular weight excluding hydrogens is 217 g/mol. The van der Waals surface area contributed by atoms with Crippen LogP contribution in [0.1, 0.15) is 0 Å². The molecule has 0 aromatic carbocycles. The third-order valence-electron chi connectivity index (χ3n) is 0. The third-order valence-corrected chi connectivity index (χ3v) is 0. The Morgan fingerprint density at radius 2 is 1.22 bits per heavy atom. The maximum atomic E-state index is 8.55. The van der Waals surface area contributed by atoms with Crippen molar-refractivity contribution >= 4 is 16.5 Å². The van der Waals surface area contributed by atoms with Crippen molar-refractivity contribution < 1.29 is 45.5 Å². The smallest absolute Gasteiger partial charge is 0.0642 e. The molecule has 59 valence electrons. The Bertz CT molecular complexity index is 85.0. The number of hydrogen-bond donors (Lipinski definition) is 0. The molecule has 0 aliphatic heterocycles. The first kappa shape index (κ1) is 16.3. The summed E-state index contributed by atoms with van der Waals surface area (Å²) in [4.78, 5) is 34.0. The summed E-state index contributed by atoms with van der Waals surface area (Å²) in [7, 11) is -6.47. The molecule has 1 radical (unpaired) electrons. The predicted octanol–water partition coefficient (Wildman–Crippen LogP) is -3.27. The summed E-state index contributed by atoms with van der Waals surface area (Å²) in [5.41, 5.74) is 0. The van der Waals surface area contributed by atoms with E-state index in [1.807, 2.05) is 0 Å². The summed E-state index contributed by atoms with van der Waals surface area (Å²) in [5.74, 6) is 0. The van der Waals surface area contributed by atoms with Crippen LogP contribution >= 0.6 is 16.5 Å². The molecule has 0 rings (SSSR count). The largest absolute Gasteiger partial charge is 0.822 e. The molecule has 9 heteroatoms. The molecule has 0 saturated carbocycles. The van der Waals surface area contributed by atoms with Crippen molar-refractivity contribution in [2.75, 3.05) is 0 Å². The molecule has 6 nitrogen and oxygen atoms in total. The molecule has 0 aromatic rings. The van der Waals surface area contributed by atoms with Crippen LogP contribution in [0, 0.1) is 0 Å². The Morgan fingerprint density at radius 3 is 1.22 bits per heavy atom.